The van der Waals surface area contributed by atoms with Gasteiger partial charge in [0, 0.05) is 19.3 Å². The molecule has 5 unspecified atom stereocenters. The van der Waals surface area contributed by atoms with E-state index in [0.29, 0.717) is 0 Å². The van der Waals surface area contributed by atoms with E-state index in [4.69, 9.17) is 55.1 Å². The minimum Gasteiger partial charge on any atom is -0.756 e. The fraction of sp³-hybridized carbons (Fsp3) is 0.941. The Bertz CT molecular complexity index is 1570. The fourth-order valence-electron chi connectivity index (χ4n) is 7.47. The molecule has 17 atom stereocenters. The third-order valence-electron chi connectivity index (χ3n) is 9.82. The lowest BCUT2D eigenvalue weighted by Gasteiger charge is -2.35. The normalized spacial score (nSPS) is 38.2. The molecule has 24 heteroatoms. The molecule has 0 N–H and O–H groups in total. The van der Waals surface area contributed by atoms with Gasteiger partial charge >= 0.3 is 0 Å². The van der Waals surface area contributed by atoms with Gasteiger partial charge in [0.15, 0.2) is 0 Å². The van der Waals surface area contributed by atoms with Crippen molar-refractivity contribution in [3.63, 3.8) is 0 Å². The van der Waals surface area contributed by atoms with Crippen LogP contribution in [-0.2, 0) is 73.4 Å². The summed E-state index contributed by atoms with van der Waals surface area (Å²) in [6, 6.07) is 0. The van der Waals surface area contributed by atoms with E-state index in [9.17, 15) is 37.8 Å². The Morgan fingerprint density at radius 3 is 1.48 bits per heavy atom. The van der Waals surface area contributed by atoms with E-state index in [1.54, 1.807) is 20.8 Å². The van der Waals surface area contributed by atoms with Gasteiger partial charge in [0.1, 0.15) is 24.4 Å². The minimum absolute atomic E-state index is 0.0315. The number of ether oxygens (including phenoxy) is 4. The van der Waals surface area contributed by atoms with Crippen LogP contribution in [0.5, 0.6) is 0 Å². The number of hydrogen-bond acceptors (Lipinski definition) is 20. The van der Waals surface area contributed by atoms with Crippen molar-refractivity contribution in [3.8, 4) is 0 Å². The van der Waals surface area contributed by atoms with Crippen molar-refractivity contribution in [1.29, 1.82) is 0 Å². The highest BCUT2D eigenvalue weighted by atomic mass is 31.2. The Morgan fingerprint density at radius 2 is 1.00 bits per heavy atom. The van der Waals surface area contributed by atoms with Gasteiger partial charge < -0.3 is 74.7 Å². The topological polar surface area (TPSA) is 271 Å². The zero-order valence-electron chi connectivity index (χ0n) is 34.7. The average molecular weight is 913 g/mol. The second kappa shape index (κ2) is 19.8. The van der Waals surface area contributed by atoms with Gasteiger partial charge in [0.25, 0.3) is 31.3 Å². The van der Waals surface area contributed by atoms with Gasteiger partial charge in [-0.3, -0.25) is 18.3 Å². The summed E-state index contributed by atoms with van der Waals surface area (Å²) >= 11 is 0. The molecule has 340 valence electrons. The van der Waals surface area contributed by atoms with Crippen molar-refractivity contribution in [2.24, 2.45) is 11.3 Å². The van der Waals surface area contributed by atoms with E-state index in [-0.39, 0.29) is 43.3 Å². The second-order valence-electron chi connectivity index (χ2n) is 17.4. The van der Waals surface area contributed by atoms with Gasteiger partial charge in [-0.05, 0) is 66.2 Å². The maximum atomic E-state index is 13.2. The van der Waals surface area contributed by atoms with Gasteiger partial charge in [-0.2, -0.15) is 0 Å². The zero-order valence-corrected chi connectivity index (χ0v) is 38.3. The standard InChI is InChI=1S/C34H64O20P4/c1-12-25(50-58(41,42)52-27-15-22(4)48-31(27)19-45-57(39,40)54-34(9,10)11)32-28(16-23(5)49-32)53-56(37,38)44-18-30-26(14-21(3)47-30)51-55(35,36)43-17-29-24(33(6,7)8)13-20(2)46-29/h12,20-32H,1,13-19H2,2-11H3,(H,35,36)(H,37,38)(H,39,40)(H,41,42)/p-4/t20-,21-,22-,23-,24+,25?,26+,27+,28+,29+,30+,31+,32+/m0/s1. The summed E-state index contributed by atoms with van der Waals surface area (Å²) in [5.74, 6) is 0.0443. The molecule has 4 fully saturated rings. The van der Waals surface area contributed by atoms with E-state index in [2.05, 4.69) is 6.58 Å². The lowest BCUT2D eigenvalue weighted by Crippen LogP contribution is -2.39. The first-order valence-corrected chi connectivity index (χ1v) is 25.2. The van der Waals surface area contributed by atoms with Crippen LogP contribution in [0, 0.1) is 11.3 Å². The monoisotopic (exact) mass is 912 g/mol. The lowest BCUT2D eigenvalue weighted by molar-refractivity contribution is -0.241. The molecule has 20 nitrogen and oxygen atoms in total. The van der Waals surface area contributed by atoms with Crippen LogP contribution in [0.2, 0.25) is 0 Å². The zero-order chi connectivity index (χ0) is 43.6. The Hall–Kier alpha value is 0.0200. The summed E-state index contributed by atoms with van der Waals surface area (Å²) < 4.78 is 116. The third-order valence-corrected chi connectivity index (χ3v) is 14.1. The van der Waals surface area contributed by atoms with Gasteiger partial charge in [-0.15, -0.1) is 6.58 Å². The maximum Gasteiger partial charge on any atom is 0.268 e. The summed E-state index contributed by atoms with van der Waals surface area (Å²) in [5, 5.41) is 0. The molecule has 0 amide bonds. The first-order chi connectivity index (χ1) is 26.5. The summed E-state index contributed by atoms with van der Waals surface area (Å²) in [6.45, 7) is 19.5. The highest BCUT2D eigenvalue weighted by Gasteiger charge is 2.45. The van der Waals surface area contributed by atoms with Gasteiger partial charge in [0.2, 0.25) is 0 Å². The van der Waals surface area contributed by atoms with Crippen LogP contribution < -0.4 is 19.6 Å². The summed E-state index contributed by atoms with van der Waals surface area (Å²) in [5.41, 5.74) is -1.23. The van der Waals surface area contributed by atoms with Crippen molar-refractivity contribution in [3.05, 3.63) is 12.7 Å². The molecule has 0 aromatic rings. The molecule has 0 spiro atoms. The number of phosphoric ester groups is 4. The lowest BCUT2D eigenvalue weighted by atomic mass is 9.76. The fourth-order valence-corrected chi connectivity index (χ4v) is 11.5. The predicted molar refractivity (Wildman–Crippen MR) is 198 cm³/mol. The second-order valence-corrected chi connectivity index (χ2v) is 22.8. The third kappa shape index (κ3) is 15.7. The van der Waals surface area contributed by atoms with Crippen molar-refractivity contribution in [1.82, 2.24) is 0 Å². The van der Waals surface area contributed by atoms with Crippen LogP contribution in [0.15, 0.2) is 12.7 Å². The smallest absolute Gasteiger partial charge is 0.268 e. The van der Waals surface area contributed by atoms with Crippen molar-refractivity contribution in [2.75, 3.05) is 19.8 Å². The van der Waals surface area contributed by atoms with E-state index in [1.165, 1.54) is 20.8 Å². The van der Waals surface area contributed by atoms with Crippen LogP contribution in [0.25, 0.3) is 0 Å². The molecule has 0 bridgehead atoms. The van der Waals surface area contributed by atoms with E-state index >= 15 is 0 Å². The van der Waals surface area contributed by atoms with E-state index < -0.39 is 117 Å². The quantitative estimate of drug-likeness (QED) is 0.124. The summed E-state index contributed by atoms with van der Waals surface area (Å²) in [7, 11) is -20.2. The van der Waals surface area contributed by atoms with Crippen molar-refractivity contribution >= 4 is 31.3 Å². The van der Waals surface area contributed by atoms with Gasteiger partial charge in [-0.1, -0.05) is 26.8 Å². The van der Waals surface area contributed by atoms with Crippen molar-refractivity contribution < 1.29 is 93.0 Å². The predicted octanol–water partition coefficient (Wildman–Crippen LogP) is 3.82. The van der Waals surface area contributed by atoms with Crippen LogP contribution in [0.4, 0.5) is 0 Å². The Balaban J connectivity index is 1.33. The Labute approximate surface area is 341 Å². The molecule has 58 heavy (non-hydrogen) atoms. The van der Waals surface area contributed by atoms with Crippen molar-refractivity contribution in [2.45, 2.75) is 174 Å². The molecule has 4 saturated heterocycles. The highest BCUT2D eigenvalue weighted by Crippen LogP contribution is 2.51. The van der Waals surface area contributed by atoms with E-state index in [1.807, 2.05) is 27.7 Å². The molecule has 4 aliphatic heterocycles. The molecule has 4 heterocycles. The van der Waals surface area contributed by atoms with Crippen LogP contribution in [0.1, 0.15) is 94.9 Å². The largest absolute Gasteiger partial charge is 0.756 e. The van der Waals surface area contributed by atoms with Gasteiger partial charge in [0.05, 0.1) is 74.3 Å². The molecular weight excluding hydrogens is 852 g/mol. The van der Waals surface area contributed by atoms with Crippen LogP contribution in [-0.4, -0.2) is 98.7 Å². The molecule has 0 aliphatic carbocycles. The number of phosphoric acid groups is 4. The molecule has 0 aromatic carbocycles. The maximum absolute atomic E-state index is 13.2. The van der Waals surface area contributed by atoms with Gasteiger partial charge in [-0.25, -0.2) is 0 Å². The minimum atomic E-state index is -5.25. The van der Waals surface area contributed by atoms with E-state index in [0.717, 1.165) is 12.5 Å². The van der Waals surface area contributed by atoms with Crippen LogP contribution in [0.3, 0.4) is 0 Å². The SMILES string of the molecule is C=CC(OP(=O)([O-])O[C@@H]1C[C@H](C)O[C@@H]1COP(=O)([O-])OC(C)(C)C)[C@H]1O[C@@H](C)C[C@H]1OP(=O)([O-])OC[C@H]1O[C@@H](C)C[C@H]1OP(=O)([O-])OC[C@H]1O[C@@H](C)C[C@H]1C(C)(C)C. The summed E-state index contributed by atoms with van der Waals surface area (Å²) in [6.07, 6.45) is -9.16. The highest BCUT2D eigenvalue weighted by molar-refractivity contribution is 7.46. The molecule has 4 aliphatic rings. The number of rotatable bonds is 20. The van der Waals surface area contributed by atoms with Crippen LogP contribution >= 0.6 is 31.3 Å². The molecule has 0 aromatic heterocycles. The first-order valence-electron chi connectivity index (χ1n) is 19.3. The molecule has 0 radical (unpaired) electrons. The Kier molecular flexibility index (Phi) is 17.3. The first kappa shape index (κ1) is 50.7. The Morgan fingerprint density at radius 1 is 0.603 bits per heavy atom. The molecule has 0 saturated carbocycles. The average Bonchev–Trinajstić information content (AvgIpc) is 3.80. The molecule has 4 rings (SSSR count). The molecular formula is C34H60O20P4-4. The summed E-state index contributed by atoms with van der Waals surface area (Å²) in [4.78, 5) is 51.5. The number of hydrogen-bond donors (Lipinski definition) is 0.